The van der Waals surface area contributed by atoms with Crippen LogP contribution in [0.3, 0.4) is 0 Å². The van der Waals surface area contributed by atoms with E-state index in [1.54, 1.807) is 34.8 Å². The van der Waals surface area contributed by atoms with Crippen molar-refractivity contribution in [3.63, 3.8) is 0 Å². The number of carbonyl (C=O) groups excluding carboxylic acids is 2. The molecule has 0 spiro atoms. The lowest BCUT2D eigenvalue weighted by molar-refractivity contribution is -0.136. The number of ether oxygens (including phenoxy) is 3. The van der Waals surface area contributed by atoms with Crippen molar-refractivity contribution >= 4 is 22.8 Å². The minimum absolute atomic E-state index is 0.517. The van der Waals surface area contributed by atoms with Crippen LogP contribution in [0, 0.1) is 0 Å². The second-order valence-electron chi connectivity index (χ2n) is 7.86. The number of nitrogens with one attached hydrogen (secondary N) is 1. The van der Waals surface area contributed by atoms with Crippen molar-refractivity contribution in [3.8, 4) is 11.5 Å². The molecule has 2 aromatic rings. The summed E-state index contributed by atoms with van der Waals surface area (Å²) in [6.07, 6.45) is 0.764. The van der Waals surface area contributed by atoms with Crippen LogP contribution in [0.2, 0.25) is 0 Å². The molecule has 0 radical (unpaired) electrons. The van der Waals surface area contributed by atoms with Gasteiger partial charge in [-0.05, 0) is 40.5 Å². The SMILES string of the molecule is CCc1c(CC)c(OC(=O)[C@H](C)NC(=O)OC(C)(C)C)c2ccccc2c1OC. The summed E-state index contributed by atoms with van der Waals surface area (Å²) in [6, 6.07) is 6.82. The average molecular weight is 402 g/mol. The van der Waals surface area contributed by atoms with E-state index in [4.69, 9.17) is 14.2 Å². The van der Waals surface area contributed by atoms with Crippen molar-refractivity contribution in [3.05, 3.63) is 35.4 Å². The van der Waals surface area contributed by atoms with E-state index in [0.29, 0.717) is 12.2 Å². The molecule has 1 amide bonds. The first kappa shape index (κ1) is 22.5. The van der Waals surface area contributed by atoms with Gasteiger partial charge in [0.15, 0.2) is 0 Å². The Labute approximate surface area is 172 Å². The van der Waals surface area contributed by atoms with E-state index in [2.05, 4.69) is 5.32 Å². The van der Waals surface area contributed by atoms with Gasteiger partial charge in [0.05, 0.1) is 7.11 Å². The zero-order valence-corrected chi connectivity index (χ0v) is 18.3. The van der Waals surface area contributed by atoms with Crippen LogP contribution >= 0.6 is 0 Å². The molecule has 1 N–H and O–H groups in total. The van der Waals surface area contributed by atoms with Crippen LogP contribution < -0.4 is 14.8 Å². The maximum atomic E-state index is 12.8. The molecule has 29 heavy (non-hydrogen) atoms. The summed E-state index contributed by atoms with van der Waals surface area (Å²) in [5.74, 6) is 0.770. The summed E-state index contributed by atoms with van der Waals surface area (Å²) in [5.41, 5.74) is 1.30. The van der Waals surface area contributed by atoms with E-state index in [-0.39, 0.29) is 0 Å². The maximum absolute atomic E-state index is 12.8. The van der Waals surface area contributed by atoms with Crippen molar-refractivity contribution in [2.75, 3.05) is 7.11 Å². The largest absolute Gasteiger partial charge is 0.496 e. The number of fused-ring (bicyclic) bond motifs is 1. The fourth-order valence-electron chi connectivity index (χ4n) is 3.31. The number of rotatable bonds is 6. The first-order chi connectivity index (χ1) is 13.6. The van der Waals surface area contributed by atoms with Crippen molar-refractivity contribution in [2.45, 2.75) is 66.0 Å². The van der Waals surface area contributed by atoms with Crippen molar-refractivity contribution < 1.29 is 23.8 Å². The lowest BCUT2D eigenvalue weighted by Gasteiger charge is -2.23. The molecule has 6 heteroatoms. The number of amides is 1. The third kappa shape index (κ3) is 5.19. The summed E-state index contributed by atoms with van der Waals surface area (Å²) >= 11 is 0. The van der Waals surface area contributed by atoms with Crippen LogP contribution in [-0.4, -0.2) is 30.8 Å². The Balaban J connectivity index is 2.40. The van der Waals surface area contributed by atoms with Crippen LogP contribution in [0.25, 0.3) is 10.8 Å². The van der Waals surface area contributed by atoms with Gasteiger partial charge in [-0.25, -0.2) is 9.59 Å². The van der Waals surface area contributed by atoms with Crippen LogP contribution in [0.5, 0.6) is 11.5 Å². The zero-order chi connectivity index (χ0) is 21.8. The third-order valence-corrected chi connectivity index (χ3v) is 4.53. The normalized spacial score (nSPS) is 12.4. The minimum atomic E-state index is -0.861. The highest BCUT2D eigenvalue weighted by atomic mass is 16.6. The Bertz CT molecular complexity index is 898. The molecule has 0 fully saturated rings. The van der Waals surface area contributed by atoms with Gasteiger partial charge in [0.1, 0.15) is 23.1 Å². The second-order valence-corrected chi connectivity index (χ2v) is 7.86. The molecule has 0 saturated heterocycles. The average Bonchev–Trinajstić information content (AvgIpc) is 2.65. The van der Waals surface area contributed by atoms with Gasteiger partial charge in [0.2, 0.25) is 0 Å². The minimum Gasteiger partial charge on any atom is -0.496 e. The number of carbonyl (C=O) groups is 2. The van der Waals surface area contributed by atoms with Crippen LogP contribution in [0.15, 0.2) is 24.3 Å². The molecule has 0 heterocycles. The van der Waals surface area contributed by atoms with E-state index in [9.17, 15) is 9.59 Å². The number of hydrogen-bond acceptors (Lipinski definition) is 5. The lowest BCUT2D eigenvalue weighted by atomic mass is 9.94. The number of esters is 1. The summed E-state index contributed by atoms with van der Waals surface area (Å²) in [6.45, 7) is 10.9. The van der Waals surface area contributed by atoms with Crippen molar-refractivity contribution in [2.24, 2.45) is 0 Å². The van der Waals surface area contributed by atoms with Gasteiger partial charge in [-0.3, -0.25) is 0 Å². The number of methoxy groups -OCH3 is 1. The topological polar surface area (TPSA) is 73.9 Å². The van der Waals surface area contributed by atoms with Crippen molar-refractivity contribution in [1.29, 1.82) is 0 Å². The van der Waals surface area contributed by atoms with Gasteiger partial charge >= 0.3 is 12.1 Å². The van der Waals surface area contributed by atoms with Gasteiger partial charge in [0.25, 0.3) is 0 Å². The van der Waals surface area contributed by atoms with E-state index in [1.165, 1.54) is 0 Å². The first-order valence-electron chi connectivity index (χ1n) is 9.94. The molecular weight excluding hydrogens is 370 g/mol. The van der Waals surface area contributed by atoms with E-state index >= 15 is 0 Å². The van der Waals surface area contributed by atoms with E-state index in [0.717, 1.165) is 34.1 Å². The standard InChI is InChI=1S/C23H31NO5/c1-8-15-16(9-2)20(18-13-11-10-12-17(18)19(15)27-7)28-21(25)14(3)24-22(26)29-23(4,5)6/h10-14H,8-9H2,1-7H3,(H,24,26)/t14-/m0/s1. The number of alkyl carbamates (subject to hydrolysis) is 1. The van der Waals surface area contributed by atoms with Gasteiger partial charge in [-0.15, -0.1) is 0 Å². The second kappa shape index (κ2) is 9.16. The lowest BCUT2D eigenvalue weighted by Crippen LogP contribution is -2.43. The number of benzene rings is 2. The van der Waals surface area contributed by atoms with Gasteiger partial charge in [0, 0.05) is 21.9 Å². The molecule has 0 aliphatic carbocycles. The predicted molar refractivity (Wildman–Crippen MR) is 114 cm³/mol. The van der Waals surface area contributed by atoms with Crippen LogP contribution in [-0.2, 0) is 22.4 Å². The molecule has 0 aliphatic rings. The van der Waals surface area contributed by atoms with Gasteiger partial charge < -0.3 is 19.5 Å². The van der Waals surface area contributed by atoms with Crippen molar-refractivity contribution in [1.82, 2.24) is 5.32 Å². The Morgan fingerprint density at radius 1 is 1.00 bits per heavy atom. The fourth-order valence-corrected chi connectivity index (χ4v) is 3.31. The van der Waals surface area contributed by atoms with Gasteiger partial charge in [-0.2, -0.15) is 0 Å². The monoisotopic (exact) mass is 401 g/mol. The molecular formula is C23H31NO5. The van der Waals surface area contributed by atoms with E-state index in [1.807, 2.05) is 38.1 Å². The van der Waals surface area contributed by atoms with Gasteiger partial charge in [-0.1, -0.05) is 38.1 Å². The molecule has 0 unspecified atom stereocenters. The highest BCUT2D eigenvalue weighted by molar-refractivity contribution is 5.98. The Morgan fingerprint density at radius 3 is 2.00 bits per heavy atom. The Kier molecular flexibility index (Phi) is 7.11. The smallest absolute Gasteiger partial charge is 0.408 e. The fraction of sp³-hybridized carbons (Fsp3) is 0.478. The molecule has 158 valence electrons. The van der Waals surface area contributed by atoms with Crippen LogP contribution in [0.4, 0.5) is 4.79 Å². The Hall–Kier alpha value is -2.76. The maximum Gasteiger partial charge on any atom is 0.408 e. The zero-order valence-electron chi connectivity index (χ0n) is 18.3. The highest BCUT2D eigenvalue weighted by Crippen LogP contribution is 2.41. The summed E-state index contributed by atoms with van der Waals surface area (Å²) < 4.78 is 16.7. The predicted octanol–water partition coefficient (Wildman–Crippen LogP) is 4.79. The summed E-state index contributed by atoms with van der Waals surface area (Å²) in [7, 11) is 1.65. The quantitative estimate of drug-likeness (QED) is 0.556. The van der Waals surface area contributed by atoms with E-state index < -0.39 is 23.7 Å². The molecule has 2 aromatic carbocycles. The summed E-state index contributed by atoms with van der Waals surface area (Å²) in [4.78, 5) is 24.7. The molecule has 0 aromatic heterocycles. The van der Waals surface area contributed by atoms with Crippen LogP contribution in [0.1, 0.15) is 52.7 Å². The molecule has 1 atom stereocenters. The molecule has 6 nitrogen and oxygen atoms in total. The number of hydrogen-bond donors (Lipinski definition) is 1. The molecule has 0 aliphatic heterocycles. The highest BCUT2D eigenvalue weighted by Gasteiger charge is 2.25. The molecule has 2 rings (SSSR count). The summed E-state index contributed by atoms with van der Waals surface area (Å²) in [5, 5.41) is 4.22. The molecule has 0 bridgehead atoms. The third-order valence-electron chi connectivity index (χ3n) is 4.53. The Morgan fingerprint density at radius 2 is 1.52 bits per heavy atom. The first-order valence-corrected chi connectivity index (χ1v) is 9.94. The molecule has 0 saturated carbocycles.